The van der Waals surface area contributed by atoms with Crippen LogP contribution >= 0.6 is 45.8 Å². The zero-order valence-corrected chi connectivity index (χ0v) is 69.7. The van der Waals surface area contributed by atoms with E-state index in [0.29, 0.717) is 0 Å². The van der Waals surface area contributed by atoms with Crippen LogP contribution in [0.4, 0.5) is 0 Å². The number of fused-ring (bicyclic) bond motifs is 14. The van der Waals surface area contributed by atoms with Gasteiger partial charge in [-0.05, 0) is 147 Å². The van der Waals surface area contributed by atoms with E-state index in [1.165, 1.54) is 42.5 Å². The SMILES string of the molecule is CC(=O)CC(=O)NC1[C@H](Oc2c3cc4cc2Oc2ccc(cc2Cl)[C@@H](O[C@@H]2OC(CO)[C@@H](O)C(O)[C@@H]2NC(C)=O)[C@@H]2NC(=O)[C@H](NC(=O)[C@@H]4NC(=O)[C@H]4NC(=O)[C@@H](Cc5ccc(c(Cl)c5)O3)NC(=O)[C@H](N)c3ccc(O)c(c3)Oc3cc(O)cc4c3)c3ccc(I)c(c3)-c3c(O[C@H]4OC(CO)[C@@H](O)[C@@H](O)C4O)cc(O)cc3[C@@H](C(=O)O)NC2=O)OC(CO)[C@@H](O)[C@@H]1O. The van der Waals surface area contributed by atoms with Crippen LogP contribution in [0.3, 0.4) is 0 Å². The van der Waals surface area contributed by atoms with Gasteiger partial charge >= 0.3 is 5.97 Å². The summed E-state index contributed by atoms with van der Waals surface area (Å²) in [5.74, 6) is -19.5. The van der Waals surface area contributed by atoms with Gasteiger partial charge in [-0.1, -0.05) is 47.5 Å². The van der Waals surface area contributed by atoms with Crippen molar-refractivity contribution in [3.63, 3.8) is 0 Å². The maximum Gasteiger partial charge on any atom is 0.330 e. The molecular weight excluding hydrogens is 1840 g/mol. The van der Waals surface area contributed by atoms with Crippen LogP contribution in [0.25, 0.3) is 11.1 Å². The molecule has 7 aromatic carbocycles. The largest absolute Gasteiger partial charge is 0.508 e. The molecule has 23 atom stereocenters. The van der Waals surface area contributed by atoms with Crippen molar-refractivity contribution in [1.29, 1.82) is 0 Å². The standard InChI is InChI=1S/C82H82Cl2IN9O33/c1-27(98)11-54(103)89-62-68(108)65(105)52(25-96)124-81(62)127-72-49-19-34-20-50(72)121-46-10-6-32(17-41(46)84)71(126-80-61(87-28(2)99)67(107)64(104)51(24-95)123-80)63-78(116)93-60(79(117)118)39-22-36(101)23-48(122-82-70(110)69(109)66(106)53(26-97)125-82)55(39)38-16-31(4-7-42(38)85)57(75(113)94-63)91-77(115)59(34)92-76(114)58-33-14-35(100)21-37(15-33)119-47-18-30(5-8-44(47)102)56(86)74(112)88-43(73(111)90-58)13-29-3-9-45(120-49)40(83)12-29/h3-10,12,14-23,43,51-53,56-71,80-82,95-97,100-102,104-110H,11,13,24-26,86H2,1-2H3,(H,87,99)(H,88,112)(H,89,103)(H,90,111)(H,91,115)(H,92,114)(H,93,116)(H,94,113)(H,117,118)/t43-,51?,52?,53?,56-,57-,58+,59-,60+,61+,62?,63+,64-,65-,66-,67?,68-,69-,70?,71-,80+,81+,82+/m1/s1. The van der Waals surface area contributed by atoms with Gasteiger partial charge in [0.1, 0.15) is 156 Å². The number of hydrogen-bond acceptors (Lipinski definition) is 33. The minimum Gasteiger partial charge on any atom is -0.508 e. The number of aliphatic hydroxyl groups is 10. The highest BCUT2D eigenvalue weighted by molar-refractivity contribution is 14.1. The Balaban J connectivity index is 1.05. The lowest BCUT2D eigenvalue weighted by molar-refractivity contribution is -0.284. The summed E-state index contributed by atoms with van der Waals surface area (Å²) in [5.41, 5.74) is 3.66. The molecule has 24 N–H and O–H groups in total. The quantitative estimate of drug-likeness (QED) is 0.0454. The third-order valence-corrected chi connectivity index (χ3v) is 23.4. The highest BCUT2D eigenvalue weighted by Crippen LogP contribution is 2.51. The average molecular weight is 1920 g/mol. The molecule has 8 amide bonds. The molecule has 127 heavy (non-hydrogen) atoms. The number of aliphatic carboxylic acids is 1. The fraction of sp³-hybridized carbons (Fsp3) is 0.366. The van der Waals surface area contributed by atoms with E-state index >= 15 is 24.0 Å². The number of carbonyl (C=O) groups excluding carboxylic acids is 9. The second-order valence-corrected chi connectivity index (χ2v) is 32.7. The second kappa shape index (κ2) is 37.8. The number of hydrogen-bond donors (Lipinski definition) is 23. The zero-order valence-electron chi connectivity index (χ0n) is 66.0. The van der Waals surface area contributed by atoms with E-state index in [9.17, 15) is 95.5 Å². The number of carboxylic acids is 1. The van der Waals surface area contributed by atoms with E-state index in [4.69, 9.17) is 71.6 Å². The van der Waals surface area contributed by atoms with Crippen molar-refractivity contribution in [2.75, 3.05) is 19.8 Å². The Hall–Kier alpha value is -11.5. The van der Waals surface area contributed by atoms with Gasteiger partial charge in [-0.25, -0.2) is 4.79 Å². The summed E-state index contributed by atoms with van der Waals surface area (Å²) in [4.78, 5) is 150. The number of carboxylic acid groups (broad SMARTS) is 1. The molecule has 3 fully saturated rings. The number of phenols is 3. The molecule has 3 saturated heterocycles. The van der Waals surface area contributed by atoms with Gasteiger partial charge in [0.2, 0.25) is 65.6 Å². The Labute approximate surface area is 740 Å². The topological polar surface area (TPSA) is 659 Å². The van der Waals surface area contributed by atoms with E-state index in [1.54, 1.807) is 22.6 Å². The third kappa shape index (κ3) is 19.3. The molecular formula is C82H82Cl2IN9O33. The summed E-state index contributed by atoms with van der Waals surface area (Å²) >= 11 is 16.4. The lowest BCUT2D eigenvalue weighted by Crippen LogP contribution is -2.65. The number of nitrogens with two attached hydrogens (primary N) is 1. The number of halogens is 3. The van der Waals surface area contributed by atoms with Gasteiger partial charge in [0.05, 0.1) is 36.3 Å². The number of carbonyl (C=O) groups is 10. The van der Waals surface area contributed by atoms with Crippen molar-refractivity contribution in [2.45, 2.75) is 167 Å². The molecule has 674 valence electrons. The first-order valence-electron chi connectivity index (χ1n) is 38.9. The number of aliphatic hydroxyl groups excluding tert-OH is 10. The van der Waals surface area contributed by atoms with Crippen molar-refractivity contribution < 1.29 is 162 Å². The third-order valence-electron chi connectivity index (χ3n) is 21.8. The molecule has 0 aliphatic carbocycles. The number of benzene rings is 7. The first-order valence-corrected chi connectivity index (χ1v) is 40.7. The maximum absolute atomic E-state index is 17.0. The maximum atomic E-state index is 17.0. The molecule has 16 rings (SSSR count). The van der Waals surface area contributed by atoms with Gasteiger partial charge in [0.25, 0.3) is 0 Å². The van der Waals surface area contributed by atoms with Gasteiger partial charge in [0, 0.05) is 40.2 Å². The van der Waals surface area contributed by atoms with Crippen molar-refractivity contribution in [2.24, 2.45) is 5.73 Å². The Morgan fingerprint density at radius 1 is 0.512 bits per heavy atom. The van der Waals surface area contributed by atoms with Gasteiger partial charge in [-0.3, -0.25) is 43.2 Å². The van der Waals surface area contributed by atoms with Gasteiger partial charge in [-0.15, -0.1) is 0 Å². The van der Waals surface area contributed by atoms with Crippen LogP contribution in [-0.4, -0.2) is 254 Å². The smallest absolute Gasteiger partial charge is 0.330 e. The van der Waals surface area contributed by atoms with Crippen LogP contribution in [0.1, 0.15) is 95.5 Å². The Bertz CT molecular complexity index is 5530. The summed E-state index contributed by atoms with van der Waals surface area (Å²) in [5, 5.41) is 177. The summed E-state index contributed by atoms with van der Waals surface area (Å²) < 4.78 is 57.2. The van der Waals surface area contributed by atoms with Gasteiger partial charge < -0.3 is 162 Å². The number of aromatic hydroxyl groups is 3. The normalized spacial score (nSPS) is 29.5. The highest BCUT2D eigenvalue weighted by Gasteiger charge is 2.52. The molecule has 45 heteroatoms. The minimum atomic E-state index is -2.56. The Kier molecular flexibility index (Phi) is 27.3. The molecule has 6 unspecified atom stereocenters. The number of ketones is 1. The number of Topliss-reactive ketones (excluding diaryl/α,β-unsaturated/α-hetero) is 1. The second-order valence-electron chi connectivity index (χ2n) is 30.7. The van der Waals surface area contributed by atoms with Crippen LogP contribution in [0.5, 0.6) is 63.2 Å². The van der Waals surface area contributed by atoms with Crippen LogP contribution in [-0.2, 0) is 73.3 Å². The average Bonchev–Trinajstić information content (AvgIpc) is 0.756. The number of ether oxygens (including phenoxy) is 9. The molecule has 17 bridgehead atoms. The summed E-state index contributed by atoms with van der Waals surface area (Å²) in [6.07, 6.45) is -30.1. The summed E-state index contributed by atoms with van der Waals surface area (Å²) in [6.45, 7) is -1.12. The van der Waals surface area contributed by atoms with Gasteiger partial charge in [-0.2, -0.15) is 0 Å². The fourth-order valence-corrected chi connectivity index (χ4v) is 16.5. The molecule has 7 aromatic rings. The minimum absolute atomic E-state index is 0.0233. The lowest BCUT2D eigenvalue weighted by Gasteiger charge is -2.44. The molecule has 0 radical (unpaired) electrons. The number of phenolic OH excluding ortho intramolecular Hbond substituents is 3. The molecule has 0 spiro atoms. The number of rotatable bonds is 14. The lowest BCUT2D eigenvalue weighted by atomic mass is 9.90. The van der Waals surface area contributed by atoms with Crippen LogP contribution in [0.15, 0.2) is 115 Å². The molecule has 42 nitrogen and oxygen atoms in total. The summed E-state index contributed by atoms with van der Waals surface area (Å²) in [7, 11) is 0. The Morgan fingerprint density at radius 2 is 1.06 bits per heavy atom. The number of nitrogens with one attached hydrogen (secondary N) is 8. The van der Waals surface area contributed by atoms with E-state index in [-0.39, 0.29) is 42.5 Å². The Morgan fingerprint density at radius 3 is 1.68 bits per heavy atom. The van der Waals surface area contributed by atoms with Crippen molar-refractivity contribution in [3.8, 4) is 74.4 Å². The highest BCUT2D eigenvalue weighted by atomic mass is 127. The van der Waals surface area contributed by atoms with Crippen molar-refractivity contribution in [3.05, 3.63) is 168 Å². The summed E-state index contributed by atoms with van der Waals surface area (Å²) in [6, 6.07) is 1.61. The molecule has 9 heterocycles. The predicted octanol–water partition coefficient (Wildman–Crippen LogP) is -1.10. The van der Waals surface area contributed by atoms with Crippen LogP contribution < -0.4 is 72.0 Å². The zero-order chi connectivity index (χ0) is 91.3. The fourth-order valence-electron chi connectivity index (χ4n) is 15.5. The number of amides is 8. The van der Waals surface area contributed by atoms with Crippen molar-refractivity contribution >= 4 is 105 Å². The van der Waals surface area contributed by atoms with E-state index in [0.717, 1.165) is 86.6 Å². The van der Waals surface area contributed by atoms with Crippen LogP contribution in [0.2, 0.25) is 10.0 Å². The molecule has 9 aliphatic rings. The van der Waals surface area contributed by atoms with Crippen molar-refractivity contribution in [1.82, 2.24) is 42.5 Å². The molecule has 9 aliphatic heterocycles. The van der Waals surface area contributed by atoms with E-state index in [1.807, 2.05) is 0 Å². The first-order chi connectivity index (χ1) is 60.4. The predicted molar refractivity (Wildman–Crippen MR) is 437 cm³/mol. The first kappa shape index (κ1) is 91.8. The monoisotopic (exact) mass is 1920 g/mol. The van der Waals surface area contributed by atoms with Crippen LogP contribution in [0, 0.1) is 3.57 Å². The molecule has 0 aromatic heterocycles. The molecule has 0 saturated carbocycles. The van der Waals surface area contributed by atoms with E-state index < -0.39 is 316 Å². The van der Waals surface area contributed by atoms with E-state index in [2.05, 4.69) is 42.5 Å². The van der Waals surface area contributed by atoms with Gasteiger partial charge in [0.15, 0.2) is 35.3 Å².